The van der Waals surface area contributed by atoms with E-state index in [9.17, 15) is 28.7 Å². The Kier molecular flexibility index (Phi) is 10.9. The molecule has 2 heterocycles. The Bertz CT molecular complexity index is 2060. The summed E-state index contributed by atoms with van der Waals surface area (Å²) in [6.07, 6.45) is 1.29. The van der Waals surface area contributed by atoms with Gasteiger partial charge in [0.05, 0.1) is 36.2 Å². The van der Waals surface area contributed by atoms with Gasteiger partial charge in [0, 0.05) is 43.7 Å². The highest BCUT2D eigenvalue weighted by molar-refractivity contribution is 5.98. The molecule has 2 aliphatic rings. The molecular formula is C39H41F2N3O8. The maximum absolute atomic E-state index is 15.8. The lowest BCUT2D eigenvalue weighted by Gasteiger charge is -2.35. The number of hydrogen-bond acceptors (Lipinski definition) is 9. The predicted molar refractivity (Wildman–Crippen MR) is 190 cm³/mol. The molecule has 2 atom stereocenters. The standard InChI is InChI=1S/C39H41F2N3O8/c1-22-20-43(16-15-42-22)35-30(41)19-28-34(37(35)50-3)44(26-12-13-26)31(33(36(28)46)38(47)48)21-52-32(45)10-7-17-51-39(49)23(2)25-11-14-27(29(40)18-25)24-8-5-4-6-9-24/h4-6,8-9,11,14,18-19,22-23,26,42H,7,10,12-13,15-17,20-21H2,1-3H3,(H,47,48). The Morgan fingerprint density at radius 2 is 1.79 bits per heavy atom. The van der Waals surface area contributed by atoms with Crippen molar-refractivity contribution in [2.75, 3.05) is 38.3 Å². The van der Waals surface area contributed by atoms with Gasteiger partial charge in [0.15, 0.2) is 11.6 Å². The number of carbonyl (C=O) groups is 3. The second kappa shape index (κ2) is 15.5. The molecule has 6 rings (SSSR count). The molecule has 2 unspecified atom stereocenters. The monoisotopic (exact) mass is 717 g/mol. The van der Waals surface area contributed by atoms with Crippen LogP contribution in [0, 0.1) is 11.6 Å². The average Bonchev–Trinajstić information content (AvgIpc) is 3.97. The van der Waals surface area contributed by atoms with Crippen LogP contribution in [-0.2, 0) is 25.7 Å². The third kappa shape index (κ3) is 7.50. The van der Waals surface area contributed by atoms with Gasteiger partial charge in [-0.15, -0.1) is 0 Å². The number of nitrogens with zero attached hydrogens (tertiary/aromatic N) is 2. The number of aromatic nitrogens is 1. The molecule has 0 bridgehead atoms. The first-order chi connectivity index (χ1) is 25.0. The molecule has 11 nitrogen and oxygen atoms in total. The van der Waals surface area contributed by atoms with Crippen LogP contribution in [-0.4, -0.2) is 67.0 Å². The fourth-order valence-corrected chi connectivity index (χ4v) is 6.79. The molecule has 1 aromatic heterocycles. The zero-order valence-electron chi connectivity index (χ0n) is 29.2. The quantitative estimate of drug-likeness (QED) is 0.126. The second-order valence-corrected chi connectivity index (χ2v) is 13.3. The number of pyridine rings is 1. The second-order valence-electron chi connectivity index (χ2n) is 13.3. The Morgan fingerprint density at radius 3 is 2.44 bits per heavy atom. The molecule has 2 N–H and O–H groups in total. The molecular weight excluding hydrogens is 676 g/mol. The van der Waals surface area contributed by atoms with Crippen LogP contribution in [0.1, 0.15) is 73.1 Å². The molecule has 13 heteroatoms. The molecule has 0 radical (unpaired) electrons. The van der Waals surface area contributed by atoms with Crippen LogP contribution in [0.25, 0.3) is 22.0 Å². The number of ether oxygens (including phenoxy) is 3. The number of carboxylic acid groups (broad SMARTS) is 1. The Morgan fingerprint density at radius 1 is 1.04 bits per heavy atom. The highest BCUT2D eigenvalue weighted by atomic mass is 19.1. The fourth-order valence-electron chi connectivity index (χ4n) is 6.79. The van der Waals surface area contributed by atoms with Crippen molar-refractivity contribution in [2.45, 2.75) is 64.1 Å². The molecule has 274 valence electrons. The molecule has 1 saturated carbocycles. The van der Waals surface area contributed by atoms with Crippen molar-refractivity contribution in [3.05, 3.63) is 93.3 Å². The minimum Gasteiger partial charge on any atom is -0.492 e. The van der Waals surface area contributed by atoms with E-state index in [2.05, 4.69) is 5.32 Å². The molecule has 1 aliphatic heterocycles. The molecule has 0 spiro atoms. The number of carbonyl (C=O) groups excluding carboxylic acids is 2. The first-order valence-corrected chi connectivity index (χ1v) is 17.4. The summed E-state index contributed by atoms with van der Waals surface area (Å²) in [5, 5.41) is 13.3. The van der Waals surface area contributed by atoms with Gasteiger partial charge >= 0.3 is 17.9 Å². The number of piperazine rings is 1. The maximum atomic E-state index is 15.8. The molecule has 4 aromatic rings. The smallest absolute Gasteiger partial charge is 0.341 e. The van der Waals surface area contributed by atoms with Crippen LogP contribution in [0.2, 0.25) is 0 Å². The molecule has 1 aliphatic carbocycles. The number of aromatic carboxylic acids is 1. The number of esters is 2. The summed E-state index contributed by atoms with van der Waals surface area (Å²) in [7, 11) is 1.38. The normalized spacial score (nSPS) is 16.4. The van der Waals surface area contributed by atoms with Gasteiger partial charge in [-0.3, -0.25) is 14.4 Å². The van der Waals surface area contributed by atoms with Crippen molar-refractivity contribution in [1.82, 2.24) is 9.88 Å². The number of anilines is 1. The van der Waals surface area contributed by atoms with Crippen LogP contribution in [0.5, 0.6) is 5.75 Å². The average molecular weight is 718 g/mol. The lowest BCUT2D eigenvalue weighted by Crippen LogP contribution is -2.49. The summed E-state index contributed by atoms with van der Waals surface area (Å²) < 4.78 is 48.9. The van der Waals surface area contributed by atoms with Crippen molar-refractivity contribution in [2.24, 2.45) is 0 Å². The lowest BCUT2D eigenvalue weighted by molar-refractivity contribution is -0.149. The van der Waals surface area contributed by atoms with E-state index < -0.39 is 53.1 Å². The van der Waals surface area contributed by atoms with E-state index in [1.165, 1.54) is 13.2 Å². The van der Waals surface area contributed by atoms with Gasteiger partial charge in [0.25, 0.3) is 0 Å². The number of fused-ring (bicyclic) bond motifs is 1. The Balaban J connectivity index is 1.15. The van der Waals surface area contributed by atoms with Crippen LogP contribution < -0.4 is 20.4 Å². The van der Waals surface area contributed by atoms with Crippen molar-refractivity contribution >= 4 is 34.5 Å². The third-order valence-corrected chi connectivity index (χ3v) is 9.56. The van der Waals surface area contributed by atoms with Gasteiger partial charge in [0.2, 0.25) is 5.43 Å². The molecule has 52 heavy (non-hydrogen) atoms. The highest BCUT2D eigenvalue weighted by Gasteiger charge is 2.35. The summed E-state index contributed by atoms with van der Waals surface area (Å²) in [5.41, 5.74) is 0.490. The molecule has 0 amide bonds. The summed E-state index contributed by atoms with van der Waals surface area (Å²) in [6, 6.07) is 14.6. The van der Waals surface area contributed by atoms with Crippen LogP contribution in [0.4, 0.5) is 14.5 Å². The van der Waals surface area contributed by atoms with E-state index in [0.717, 1.165) is 6.07 Å². The number of nitrogens with one attached hydrogen (secondary N) is 1. The minimum atomic E-state index is -1.53. The van der Waals surface area contributed by atoms with E-state index in [0.29, 0.717) is 49.2 Å². The summed E-state index contributed by atoms with van der Waals surface area (Å²) in [6.45, 7) is 4.53. The molecule has 3 aromatic carbocycles. The van der Waals surface area contributed by atoms with Crippen molar-refractivity contribution in [1.29, 1.82) is 0 Å². The van der Waals surface area contributed by atoms with Gasteiger partial charge in [-0.2, -0.15) is 0 Å². The Labute approximate surface area is 299 Å². The van der Waals surface area contributed by atoms with Crippen LogP contribution in [0.15, 0.2) is 59.4 Å². The number of rotatable bonds is 13. The third-order valence-electron chi connectivity index (χ3n) is 9.56. The predicted octanol–water partition coefficient (Wildman–Crippen LogP) is 5.96. The number of hydrogen-bond donors (Lipinski definition) is 2. The Hall–Kier alpha value is -5.30. The first-order valence-electron chi connectivity index (χ1n) is 17.4. The minimum absolute atomic E-state index is 0.0174. The van der Waals surface area contributed by atoms with E-state index in [4.69, 9.17) is 14.2 Å². The van der Waals surface area contributed by atoms with Crippen LogP contribution in [0.3, 0.4) is 0 Å². The van der Waals surface area contributed by atoms with Gasteiger partial charge in [0.1, 0.15) is 23.7 Å². The summed E-state index contributed by atoms with van der Waals surface area (Å²) in [5.74, 6) is -4.61. The lowest BCUT2D eigenvalue weighted by atomic mass is 9.97. The zero-order valence-corrected chi connectivity index (χ0v) is 29.2. The first kappa shape index (κ1) is 36.5. The van der Waals surface area contributed by atoms with Crippen LogP contribution >= 0.6 is 0 Å². The van der Waals surface area contributed by atoms with E-state index in [1.54, 1.807) is 35.8 Å². The number of methoxy groups -OCH3 is 1. The number of benzene rings is 3. The highest BCUT2D eigenvalue weighted by Crippen LogP contribution is 2.45. The van der Waals surface area contributed by atoms with Gasteiger partial charge in [-0.05, 0) is 56.4 Å². The van der Waals surface area contributed by atoms with E-state index in [1.807, 2.05) is 30.0 Å². The number of carboxylic acids is 1. The van der Waals surface area contributed by atoms with Gasteiger partial charge < -0.3 is 34.1 Å². The van der Waals surface area contributed by atoms with E-state index in [-0.39, 0.29) is 59.6 Å². The summed E-state index contributed by atoms with van der Waals surface area (Å²) in [4.78, 5) is 53.6. The topological polar surface area (TPSA) is 136 Å². The largest absolute Gasteiger partial charge is 0.492 e. The number of halogens is 2. The SMILES string of the molecule is COc1c(N2CCNC(C)C2)c(F)cc2c(=O)c(C(=O)O)c(COC(=O)CCCOC(=O)C(C)c3ccc(-c4ccccc4)c(F)c3)n(C3CC3)c12. The van der Waals surface area contributed by atoms with Crippen molar-refractivity contribution in [3.8, 4) is 16.9 Å². The van der Waals surface area contributed by atoms with E-state index >= 15 is 4.39 Å². The van der Waals surface area contributed by atoms with Crippen molar-refractivity contribution in [3.63, 3.8) is 0 Å². The molecule has 1 saturated heterocycles. The van der Waals surface area contributed by atoms with Gasteiger partial charge in [-0.25, -0.2) is 13.6 Å². The maximum Gasteiger partial charge on any atom is 0.341 e. The molecule has 2 fully saturated rings. The van der Waals surface area contributed by atoms with Gasteiger partial charge in [-0.1, -0.05) is 42.5 Å². The van der Waals surface area contributed by atoms with Crippen molar-refractivity contribution < 1.29 is 42.5 Å². The zero-order chi connectivity index (χ0) is 37.1. The summed E-state index contributed by atoms with van der Waals surface area (Å²) >= 11 is 0. The fraction of sp³-hybridized carbons (Fsp3) is 0.385.